The molecule has 0 saturated heterocycles. The third kappa shape index (κ3) is 1.27. The minimum Gasteiger partial charge on any atom is -0.454 e. The highest BCUT2D eigenvalue weighted by atomic mass is 35.5. The van der Waals surface area contributed by atoms with Crippen LogP contribution in [0.15, 0.2) is 52.9 Å². The van der Waals surface area contributed by atoms with E-state index >= 15 is 0 Å². The number of para-hydroxylation sites is 1. The summed E-state index contributed by atoms with van der Waals surface area (Å²) in [6.07, 6.45) is 0. The van der Waals surface area contributed by atoms with Crippen LogP contribution in [-0.4, -0.2) is 4.98 Å². The number of aromatic nitrogens is 1. The second-order valence-electron chi connectivity index (χ2n) is 4.24. The Kier molecular flexibility index (Phi) is 1.91. The molecule has 0 radical (unpaired) electrons. The summed E-state index contributed by atoms with van der Waals surface area (Å²) in [6.45, 7) is 0. The van der Waals surface area contributed by atoms with E-state index in [0.717, 1.165) is 33.0 Å². The van der Waals surface area contributed by atoms with E-state index in [0.29, 0.717) is 5.02 Å². The fourth-order valence-corrected chi connectivity index (χ4v) is 2.51. The van der Waals surface area contributed by atoms with Gasteiger partial charge in [0, 0.05) is 10.8 Å². The molecule has 0 fully saturated rings. The van der Waals surface area contributed by atoms with Crippen molar-refractivity contribution in [1.82, 2.24) is 4.98 Å². The van der Waals surface area contributed by atoms with Gasteiger partial charge in [-0.3, -0.25) is 0 Å². The maximum Gasteiger partial charge on any atom is 0.154 e. The molecule has 2 aromatic carbocycles. The second kappa shape index (κ2) is 3.47. The lowest BCUT2D eigenvalue weighted by Gasteiger charge is -1.98. The van der Waals surface area contributed by atoms with Crippen LogP contribution in [0.25, 0.3) is 33.0 Å². The first-order valence-corrected chi connectivity index (χ1v) is 6.07. The van der Waals surface area contributed by atoms with Crippen molar-refractivity contribution in [2.75, 3.05) is 0 Å². The molecule has 0 unspecified atom stereocenters. The van der Waals surface area contributed by atoms with Crippen LogP contribution < -0.4 is 0 Å². The van der Waals surface area contributed by atoms with Gasteiger partial charge in [-0.15, -0.1) is 0 Å². The molecule has 0 aliphatic heterocycles. The highest BCUT2D eigenvalue weighted by molar-refractivity contribution is 6.35. The summed E-state index contributed by atoms with van der Waals surface area (Å²) in [6, 6.07) is 15.6. The van der Waals surface area contributed by atoms with E-state index < -0.39 is 0 Å². The molecule has 4 rings (SSSR count). The molecular formula is C15H8ClNO. The third-order valence-corrected chi connectivity index (χ3v) is 3.46. The molecule has 2 nitrogen and oxygen atoms in total. The first-order valence-electron chi connectivity index (χ1n) is 5.69. The zero-order valence-electron chi connectivity index (χ0n) is 9.35. The molecule has 0 spiro atoms. The predicted octanol–water partition coefficient (Wildman–Crippen LogP) is 4.79. The number of rotatable bonds is 0. The Morgan fingerprint density at radius 3 is 2.72 bits per heavy atom. The molecular weight excluding hydrogens is 246 g/mol. The molecule has 0 bridgehead atoms. The summed E-state index contributed by atoms with van der Waals surface area (Å²) in [5.74, 6) is 0. The first kappa shape index (κ1) is 9.92. The van der Waals surface area contributed by atoms with Crippen LogP contribution in [0.3, 0.4) is 0 Å². The van der Waals surface area contributed by atoms with Crippen molar-refractivity contribution in [3.8, 4) is 0 Å². The number of pyridine rings is 1. The standard InChI is InChI=1S/C15H8ClNO/c16-11-5-3-6-12-10(11)8-14-15(17-12)9-4-1-2-7-13(9)18-14/h1-8H. The van der Waals surface area contributed by atoms with Crippen LogP contribution in [0, 0.1) is 0 Å². The molecule has 0 N–H and O–H groups in total. The van der Waals surface area contributed by atoms with Crippen molar-refractivity contribution in [2.24, 2.45) is 0 Å². The van der Waals surface area contributed by atoms with Gasteiger partial charge in [-0.1, -0.05) is 29.8 Å². The van der Waals surface area contributed by atoms with Gasteiger partial charge in [0.15, 0.2) is 5.58 Å². The van der Waals surface area contributed by atoms with E-state index in [1.54, 1.807) is 0 Å². The Morgan fingerprint density at radius 2 is 1.78 bits per heavy atom. The second-order valence-corrected chi connectivity index (χ2v) is 4.65. The zero-order chi connectivity index (χ0) is 12.1. The Bertz CT molecular complexity index is 895. The van der Waals surface area contributed by atoms with E-state index in [1.165, 1.54) is 0 Å². The molecule has 86 valence electrons. The SMILES string of the molecule is Clc1cccc2nc3c(cc12)oc1ccccc13. The zero-order valence-corrected chi connectivity index (χ0v) is 10.1. The summed E-state index contributed by atoms with van der Waals surface area (Å²) in [7, 11) is 0. The van der Waals surface area contributed by atoms with Crippen LogP contribution in [-0.2, 0) is 0 Å². The average Bonchev–Trinajstić information content (AvgIpc) is 2.75. The number of hydrogen-bond donors (Lipinski definition) is 0. The van der Waals surface area contributed by atoms with Gasteiger partial charge in [0.25, 0.3) is 0 Å². The highest BCUT2D eigenvalue weighted by Crippen LogP contribution is 2.31. The van der Waals surface area contributed by atoms with E-state index in [1.807, 2.05) is 48.5 Å². The van der Waals surface area contributed by atoms with Gasteiger partial charge in [-0.05, 0) is 30.3 Å². The molecule has 0 amide bonds. The topological polar surface area (TPSA) is 26.0 Å². The predicted molar refractivity (Wildman–Crippen MR) is 74.0 cm³/mol. The minimum atomic E-state index is 0.697. The highest BCUT2D eigenvalue weighted by Gasteiger charge is 2.10. The molecule has 18 heavy (non-hydrogen) atoms. The summed E-state index contributed by atoms with van der Waals surface area (Å²) in [5, 5.41) is 2.66. The monoisotopic (exact) mass is 253 g/mol. The van der Waals surface area contributed by atoms with Crippen molar-refractivity contribution in [2.45, 2.75) is 0 Å². The van der Waals surface area contributed by atoms with Crippen molar-refractivity contribution in [1.29, 1.82) is 0 Å². The fraction of sp³-hybridized carbons (Fsp3) is 0. The van der Waals surface area contributed by atoms with Gasteiger partial charge < -0.3 is 4.42 Å². The van der Waals surface area contributed by atoms with Gasteiger partial charge in [0.2, 0.25) is 0 Å². The van der Waals surface area contributed by atoms with Crippen LogP contribution in [0.4, 0.5) is 0 Å². The van der Waals surface area contributed by atoms with Gasteiger partial charge >= 0.3 is 0 Å². The Hall–Kier alpha value is -2.06. The molecule has 0 aliphatic carbocycles. The lowest BCUT2D eigenvalue weighted by Crippen LogP contribution is -1.80. The lowest BCUT2D eigenvalue weighted by atomic mass is 10.2. The quantitative estimate of drug-likeness (QED) is 0.450. The van der Waals surface area contributed by atoms with Crippen molar-refractivity contribution < 1.29 is 4.42 Å². The average molecular weight is 254 g/mol. The number of benzene rings is 2. The molecule has 4 aromatic rings. The molecule has 0 atom stereocenters. The van der Waals surface area contributed by atoms with E-state index in [9.17, 15) is 0 Å². The summed E-state index contributed by atoms with van der Waals surface area (Å²) < 4.78 is 5.79. The Labute approximate surface area is 108 Å². The minimum absolute atomic E-state index is 0.697. The van der Waals surface area contributed by atoms with Crippen LogP contribution in [0.5, 0.6) is 0 Å². The van der Waals surface area contributed by atoms with E-state index in [-0.39, 0.29) is 0 Å². The van der Waals surface area contributed by atoms with Gasteiger partial charge in [0.1, 0.15) is 11.1 Å². The molecule has 3 heteroatoms. The smallest absolute Gasteiger partial charge is 0.154 e. The fourth-order valence-electron chi connectivity index (χ4n) is 2.28. The lowest BCUT2D eigenvalue weighted by molar-refractivity contribution is 0.669. The number of nitrogens with zero attached hydrogens (tertiary/aromatic N) is 1. The maximum atomic E-state index is 6.17. The van der Waals surface area contributed by atoms with Crippen molar-refractivity contribution in [3.05, 3.63) is 53.6 Å². The third-order valence-electron chi connectivity index (χ3n) is 3.13. The maximum absolute atomic E-state index is 6.17. The largest absolute Gasteiger partial charge is 0.454 e. The van der Waals surface area contributed by atoms with E-state index in [2.05, 4.69) is 4.98 Å². The van der Waals surface area contributed by atoms with Gasteiger partial charge in [0.05, 0.1) is 10.5 Å². The van der Waals surface area contributed by atoms with Crippen LogP contribution in [0.2, 0.25) is 5.02 Å². The number of halogens is 1. The summed E-state index contributed by atoms with van der Waals surface area (Å²) in [5.41, 5.74) is 3.41. The molecule has 2 aromatic heterocycles. The van der Waals surface area contributed by atoms with Crippen LogP contribution in [0.1, 0.15) is 0 Å². The van der Waals surface area contributed by atoms with Gasteiger partial charge in [-0.2, -0.15) is 0 Å². The Morgan fingerprint density at radius 1 is 0.889 bits per heavy atom. The molecule has 0 aliphatic rings. The van der Waals surface area contributed by atoms with Gasteiger partial charge in [-0.25, -0.2) is 4.98 Å². The summed E-state index contributed by atoms with van der Waals surface area (Å²) in [4.78, 5) is 4.65. The van der Waals surface area contributed by atoms with E-state index in [4.69, 9.17) is 16.0 Å². The number of furan rings is 1. The molecule has 2 heterocycles. The van der Waals surface area contributed by atoms with Crippen LogP contribution >= 0.6 is 11.6 Å². The summed E-state index contributed by atoms with van der Waals surface area (Å²) >= 11 is 6.17. The van der Waals surface area contributed by atoms with Crippen molar-refractivity contribution in [3.63, 3.8) is 0 Å². The normalized spacial score (nSPS) is 11.6. The van der Waals surface area contributed by atoms with Crippen molar-refractivity contribution >= 4 is 44.6 Å². The molecule has 0 saturated carbocycles. The Balaban J connectivity index is 2.27. The number of hydrogen-bond acceptors (Lipinski definition) is 2. The number of fused-ring (bicyclic) bond motifs is 4. The first-order chi connectivity index (χ1) is 8.83.